The number of rotatable bonds is 2. The van der Waals surface area contributed by atoms with Gasteiger partial charge in [-0.15, -0.1) is 0 Å². The third-order valence-corrected chi connectivity index (χ3v) is 4.05. The lowest BCUT2D eigenvalue weighted by atomic mass is 9.96. The van der Waals surface area contributed by atoms with E-state index in [9.17, 15) is 0 Å². The van der Waals surface area contributed by atoms with E-state index in [4.69, 9.17) is 10.2 Å². The molecule has 3 nitrogen and oxygen atoms in total. The van der Waals surface area contributed by atoms with E-state index in [1.54, 1.807) is 0 Å². The van der Waals surface area contributed by atoms with Gasteiger partial charge in [0, 0.05) is 36.6 Å². The van der Waals surface area contributed by atoms with Gasteiger partial charge < -0.3 is 10.2 Å². The number of aryl methyl sites for hydroxylation is 1. The van der Waals surface area contributed by atoms with Gasteiger partial charge in [0.25, 0.3) is 0 Å². The molecule has 0 amide bonds. The molecule has 19 heavy (non-hydrogen) atoms. The summed E-state index contributed by atoms with van der Waals surface area (Å²) in [6, 6.07) is 8.59. The summed E-state index contributed by atoms with van der Waals surface area (Å²) in [5, 5.41) is 1.24. The van der Waals surface area contributed by atoms with Crippen molar-refractivity contribution in [3.8, 4) is 0 Å². The molecule has 3 heteroatoms. The highest BCUT2D eigenvalue weighted by Gasteiger charge is 2.23. The summed E-state index contributed by atoms with van der Waals surface area (Å²) in [6.45, 7) is 7.41. The number of benzene rings is 1. The van der Waals surface area contributed by atoms with Gasteiger partial charge in [0.1, 0.15) is 11.3 Å². The van der Waals surface area contributed by atoms with E-state index in [2.05, 4.69) is 30.9 Å². The molecule has 0 spiro atoms. The van der Waals surface area contributed by atoms with Gasteiger partial charge in [-0.05, 0) is 25.3 Å². The number of para-hydroxylation sites is 1. The predicted octanol–water partition coefficient (Wildman–Crippen LogP) is 2.91. The number of piperidine rings is 1. The Kier molecular flexibility index (Phi) is 3.33. The van der Waals surface area contributed by atoms with Crippen LogP contribution in [0.15, 0.2) is 28.7 Å². The van der Waals surface area contributed by atoms with Crippen LogP contribution in [0.5, 0.6) is 0 Å². The molecule has 0 saturated carbocycles. The van der Waals surface area contributed by atoms with Crippen molar-refractivity contribution in [1.29, 1.82) is 0 Å². The summed E-state index contributed by atoms with van der Waals surface area (Å²) >= 11 is 0. The molecule has 102 valence electrons. The Balaban J connectivity index is 1.86. The Morgan fingerprint density at radius 2 is 2.11 bits per heavy atom. The second-order valence-corrected chi connectivity index (χ2v) is 5.93. The second-order valence-electron chi connectivity index (χ2n) is 5.93. The SMILES string of the molecule is Cc1oc2ccccc2c1CN1CC(C)CC(N)C1. The van der Waals surface area contributed by atoms with Crippen molar-refractivity contribution in [2.24, 2.45) is 11.7 Å². The summed E-state index contributed by atoms with van der Waals surface area (Å²) in [4.78, 5) is 2.46. The quantitative estimate of drug-likeness (QED) is 0.900. The highest BCUT2D eigenvalue weighted by molar-refractivity contribution is 5.82. The molecule has 2 aromatic rings. The number of hydrogen-bond donors (Lipinski definition) is 1. The average molecular weight is 258 g/mol. The minimum Gasteiger partial charge on any atom is -0.461 e. The highest BCUT2D eigenvalue weighted by Crippen LogP contribution is 2.27. The molecule has 1 aromatic heterocycles. The van der Waals surface area contributed by atoms with E-state index >= 15 is 0 Å². The molecule has 1 fully saturated rings. The molecule has 1 aromatic carbocycles. The van der Waals surface area contributed by atoms with Gasteiger partial charge in [-0.1, -0.05) is 25.1 Å². The molecule has 2 unspecified atom stereocenters. The first kappa shape index (κ1) is 12.7. The lowest BCUT2D eigenvalue weighted by Gasteiger charge is -2.34. The summed E-state index contributed by atoms with van der Waals surface area (Å²) < 4.78 is 5.84. The first-order valence-corrected chi connectivity index (χ1v) is 7.08. The molecule has 0 bridgehead atoms. The molecule has 1 aliphatic heterocycles. The van der Waals surface area contributed by atoms with Gasteiger partial charge >= 0.3 is 0 Å². The number of hydrogen-bond acceptors (Lipinski definition) is 3. The van der Waals surface area contributed by atoms with Crippen molar-refractivity contribution in [1.82, 2.24) is 4.90 Å². The van der Waals surface area contributed by atoms with Crippen LogP contribution in [0.4, 0.5) is 0 Å². The van der Waals surface area contributed by atoms with Crippen LogP contribution in [-0.4, -0.2) is 24.0 Å². The molecule has 2 N–H and O–H groups in total. The number of nitrogens with zero attached hydrogens (tertiary/aromatic N) is 1. The predicted molar refractivity (Wildman–Crippen MR) is 78.0 cm³/mol. The van der Waals surface area contributed by atoms with Gasteiger partial charge in [-0.25, -0.2) is 0 Å². The van der Waals surface area contributed by atoms with E-state index in [0.717, 1.165) is 37.4 Å². The normalized spacial score (nSPS) is 25.0. The van der Waals surface area contributed by atoms with Gasteiger partial charge in [0.05, 0.1) is 0 Å². The van der Waals surface area contributed by atoms with Gasteiger partial charge in [0.15, 0.2) is 0 Å². The van der Waals surface area contributed by atoms with Crippen LogP contribution < -0.4 is 5.73 Å². The van der Waals surface area contributed by atoms with Crippen LogP contribution in [0.2, 0.25) is 0 Å². The summed E-state index contributed by atoms with van der Waals surface area (Å²) in [5.74, 6) is 1.72. The molecule has 2 atom stereocenters. The van der Waals surface area contributed by atoms with Crippen molar-refractivity contribution >= 4 is 11.0 Å². The number of fused-ring (bicyclic) bond motifs is 1. The zero-order valence-corrected chi connectivity index (χ0v) is 11.7. The second kappa shape index (κ2) is 4.99. The van der Waals surface area contributed by atoms with E-state index in [1.165, 1.54) is 10.9 Å². The average Bonchev–Trinajstić information content (AvgIpc) is 2.65. The van der Waals surface area contributed by atoms with E-state index in [0.29, 0.717) is 12.0 Å². The van der Waals surface area contributed by atoms with Crippen LogP contribution in [0.1, 0.15) is 24.7 Å². The standard InChI is InChI=1S/C16H22N2O/c1-11-7-13(17)9-18(8-11)10-15-12(2)19-16-6-4-3-5-14(15)16/h3-6,11,13H,7-10,17H2,1-2H3. The molecule has 0 aliphatic carbocycles. The monoisotopic (exact) mass is 258 g/mol. The zero-order chi connectivity index (χ0) is 13.4. The fourth-order valence-corrected chi connectivity index (χ4v) is 3.28. The Bertz CT molecular complexity index is 565. The summed E-state index contributed by atoms with van der Waals surface area (Å²) in [7, 11) is 0. The first-order chi connectivity index (χ1) is 9.13. The molecule has 2 heterocycles. The molecular formula is C16H22N2O. The lowest BCUT2D eigenvalue weighted by Crippen LogP contribution is -2.45. The van der Waals surface area contributed by atoms with Crippen LogP contribution in [0.25, 0.3) is 11.0 Å². The molecule has 3 rings (SSSR count). The Hall–Kier alpha value is -1.32. The fourth-order valence-electron chi connectivity index (χ4n) is 3.28. The third kappa shape index (κ3) is 2.53. The number of furan rings is 1. The molecule has 1 saturated heterocycles. The first-order valence-electron chi connectivity index (χ1n) is 7.08. The van der Waals surface area contributed by atoms with Crippen molar-refractivity contribution in [2.75, 3.05) is 13.1 Å². The van der Waals surface area contributed by atoms with Crippen molar-refractivity contribution in [2.45, 2.75) is 32.9 Å². The maximum atomic E-state index is 6.13. The molecule has 1 aliphatic rings. The zero-order valence-electron chi connectivity index (χ0n) is 11.7. The number of nitrogens with two attached hydrogens (primary N) is 1. The smallest absolute Gasteiger partial charge is 0.134 e. The summed E-state index contributed by atoms with van der Waals surface area (Å²) in [5.41, 5.74) is 8.44. The van der Waals surface area contributed by atoms with Crippen molar-refractivity contribution < 1.29 is 4.42 Å². The highest BCUT2D eigenvalue weighted by atomic mass is 16.3. The lowest BCUT2D eigenvalue weighted by molar-refractivity contribution is 0.158. The minimum atomic E-state index is 0.308. The minimum absolute atomic E-state index is 0.308. The largest absolute Gasteiger partial charge is 0.461 e. The Morgan fingerprint density at radius 3 is 2.89 bits per heavy atom. The molecular weight excluding hydrogens is 236 g/mol. The maximum Gasteiger partial charge on any atom is 0.134 e. The summed E-state index contributed by atoms with van der Waals surface area (Å²) in [6.07, 6.45) is 1.14. The third-order valence-electron chi connectivity index (χ3n) is 4.05. The Labute approximate surface area is 114 Å². The van der Waals surface area contributed by atoms with Crippen LogP contribution in [-0.2, 0) is 6.54 Å². The maximum absolute atomic E-state index is 6.13. The molecule has 0 radical (unpaired) electrons. The van der Waals surface area contributed by atoms with Crippen LogP contribution >= 0.6 is 0 Å². The van der Waals surface area contributed by atoms with Crippen LogP contribution in [0.3, 0.4) is 0 Å². The fraction of sp³-hybridized carbons (Fsp3) is 0.500. The van der Waals surface area contributed by atoms with Crippen LogP contribution in [0, 0.1) is 12.8 Å². The van der Waals surface area contributed by atoms with Gasteiger partial charge in [0.2, 0.25) is 0 Å². The van der Waals surface area contributed by atoms with E-state index in [1.807, 2.05) is 12.1 Å². The van der Waals surface area contributed by atoms with E-state index in [-0.39, 0.29) is 0 Å². The Morgan fingerprint density at radius 1 is 1.32 bits per heavy atom. The van der Waals surface area contributed by atoms with Gasteiger partial charge in [-0.2, -0.15) is 0 Å². The van der Waals surface area contributed by atoms with Crippen molar-refractivity contribution in [3.63, 3.8) is 0 Å². The van der Waals surface area contributed by atoms with Gasteiger partial charge in [-0.3, -0.25) is 4.90 Å². The topological polar surface area (TPSA) is 42.4 Å². The van der Waals surface area contributed by atoms with Crippen molar-refractivity contribution in [3.05, 3.63) is 35.6 Å². The van der Waals surface area contributed by atoms with E-state index < -0.39 is 0 Å². The number of likely N-dealkylation sites (tertiary alicyclic amines) is 1.